The summed E-state index contributed by atoms with van der Waals surface area (Å²) in [5, 5.41) is 3.89. The highest BCUT2D eigenvalue weighted by atomic mass is 16.5. The van der Waals surface area contributed by atoms with Crippen molar-refractivity contribution >= 4 is 0 Å². The van der Waals surface area contributed by atoms with Crippen LogP contribution in [0.15, 0.2) is 29.0 Å². The van der Waals surface area contributed by atoms with Crippen molar-refractivity contribution in [3.05, 3.63) is 30.4 Å². The maximum absolute atomic E-state index is 5.82. The molecule has 5 heteroatoms. The zero-order chi connectivity index (χ0) is 11.4. The van der Waals surface area contributed by atoms with Gasteiger partial charge in [0.25, 0.3) is 5.89 Å². The van der Waals surface area contributed by atoms with Crippen molar-refractivity contribution in [3.8, 4) is 11.5 Å². The Hall–Kier alpha value is -1.75. The molecule has 0 amide bonds. The lowest BCUT2D eigenvalue weighted by Crippen LogP contribution is -2.21. The minimum Gasteiger partial charge on any atom is -0.334 e. The maximum Gasteiger partial charge on any atom is 0.258 e. The lowest BCUT2D eigenvalue weighted by atomic mass is 10.2. The third kappa shape index (κ3) is 2.43. The number of aromatic nitrogens is 3. The van der Waals surface area contributed by atoms with Gasteiger partial charge in [0.05, 0.1) is 0 Å². The third-order valence-electron chi connectivity index (χ3n) is 2.36. The fourth-order valence-electron chi connectivity index (χ4n) is 1.33. The molecule has 0 aliphatic heterocycles. The average molecular weight is 218 g/mol. The largest absolute Gasteiger partial charge is 0.334 e. The Balaban J connectivity index is 2.14. The van der Waals surface area contributed by atoms with Crippen LogP contribution in [-0.4, -0.2) is 21.2 Å². The van der Waals surface area contributed by atoms with Crippen LogP contribution >= 0.6 is 0 Å². The number of hydrogen-bond acceptors (Lipinski definition) is 5. The predicted molar refractivity (Wildman–Crippen MR) is 59.5 cm³/mol. The molecule has 2 aromatic heterocycles. The summed E-state index contributed by atoms with van der Waals surface area (Å²) >= 11 is 0. The normalized spacial score (nSPS) is 12.6. The Bertz CT molecular complexity index is 440. The van der Waals surface area contributed by atoms with E-state index in [0.717, 1.165) is 12.0 Å². The quantitative estimate of drug-likeness (QED) is 0.839. The molecule has 84 valence electrons. The molecule has 1 atom stereocenters. The van der Waals surface area contributed by atoms with Crippen LogP contribution in [0.25, 0.3) is 11.5 Å². The van der Waals surface area contributed by atoms with Crippen LogP contribution in [-0.2, 0) is 6.42 Å². The number of nitrogens with two attached hydrogens (primary N) is 1. The molecule has 0 spiro atoms. The van der Waals surface area contributed by atoms with Gasteiger partial charge >= 0.3 is 0 Å². The van der Waals surface area contributed by atoms with Crippen molar-refractivity contribution < 1.29 is 4.52 Å². The second-order valence-corrected chi connectivity index (χ2v) is 3.62. The number of nitrogens with zero attached hydrogens (tertiary/aromatic N) is 3. The van der Waals surface area contributed by atoms with E-state index < -0.39 is 0 Å². The second-order valence-electron chi connectivity index (χ2n) is 3.62. The van der Waals surface area contributed by atoms with Gasteiger partial charge in [0.15, 0.2) is 5.82 Å². The van der Waals surface area contributed by atoms with Gasteiger partial charge in [-0.05, 0) is 18.6 Å². The monoisotopic (exact) mass is 218 g/mol. The smallest absolute Gasteiger partial charge is 0.258 e. The van der Waals surface area contributed by atoms with Crippen molar-refractivity contribution in [3.63, 3.8) is 0 Å². The van der Waals surface area contributed by atoms with Crippen molar-refractivity contribution in [2.24, 2.45) is 5.73 Å². The Morgan fingerprint density at radius 3 is 2.81 bits per heavy atom. The highest BCUT2D eigenvalue weighted by molar-refractivity contribution is 5.50. The molecule has 2 rings (SSSR count). The van der Waals surface area contributed by atoms with Gasteiger partial charge in [-0.3, -0.25) is 4.98 Å². The van der Waals surface area contributed by atoms with Gasteiger partial charge in [0.1, 0.15) is 0 Å². The molecule has 1 unspecified atom stereocenters. The molecule has 0 aliphatic rings. The van der Waals surface area contributed by atoms with Crippen molar-refractivity contribution in [2.75, 3.05) is 0 Å². The van der Waals surface area contributed by atoms with Gasteiger partial charge in [-0.1, -0.05) is 12.1 Å². The predicted octanol–water partition coefficient (Wildman–Crippen LogP) is 1.41. The summed E-state index contributed by atoms with van der Waals surface area (Å²) in [5.41, 5.74) is 6.70. The molecule has 0 aromatic carbocycles. The topological polar surface area (TPSA) is 77.8 Å². The molecule has 0 saturated heterocycles. The number of hydrogen-bond donors (Lipinski definition) is 1. The lowest BCUT2D eigenvalue weighted by Gasteiger charge is -2.02. The van der Waals surface area contributed by atoms with Gasteiger partial charge in [-0.25, -0.2) is 0 Å². The third-order valence-corrected chi connectivity index (χ3v) is 2.36. The summed E-state index contributed by atoms with van der Waals surface area (Å²) in [4.78, 5) is 8.21. The minimum absolute atomic E-state index is 0.0860. The van der Waals surface area contributed by atoms with Gasteiger partial charge in [-0.15, -0.1) is 0 Å². The Morgan fingerprint density at radius 2 is 2.12 bits per heavy atom. The molecular formula is C11H14N4O. The highest BCUT2D eigenvalue weighted by Crippen LogP contribution is 2.15. The van der Waals surface area contributed by atoms with E-state index in [1.807, 2.05) is 19.1 Å². The summed E-state index contributed by atoms with van der Waals surface area (Å²) in [7, 11) is 0. The molecule has 2 aromatic rings. The standard InChI is InChI=1S/C11H14N4O/c1-2-9(12)7-10-14-11(16-15-10)8-3-5-13-6-4-8/h3-6,9H,2,7,12H2,1H3. The zero-order valence-corrected chi connectivity index (χ0v) is 9.13. The van der Waals surface area contributed by atoms with Gasteiger partial charge in [0.2, 0.25) is 0 Å². The first-order valence-corrected chi connectivity index (χ1v) is 5.28. The second kappa shape index (κ2) is 4.85. The molecular weight excluding hydrogens is 204 g/mol. The summed E-state index contributed by atoms with van der Waals surface area (Å²) in [6, 6.07) is 3.75. The minimum atomic E-state index is 0.0860. The lowest BCUT2D eigenvalue weighted by molar-refractivity contribution is 0.419. The van der Waals surface area contributed by atoms with Crippen LogP contribution in [0, 0.1) is 0 Å². The zero-order valence-electron chi connectivity index (χ0n) is 9.13. The molecule has 5 nitrogen and oxygen atoms in total. The number of pyridine rings is 1. The summed E-state index contributed by atoms with van der Waals surface area (Å²) in [5.74, 6) is 1.17. The molecule has 2 N–H and O–H groups in total. The van der Waals surface area contributed by atoms with E-state index in [9.17, 15) is 0 Å². The summed E-state index contributed by atoms with van der Waals surface area (Å²) in [6.45, 7) is 2.04. The first-order valence-electron chi connectivity index (χ1n) is 5.28. The van der Waals surface area contributed by atoms with Crippen LogP contribution in [0.2, 0.25) is 0 Å². The fourth-order valence-corrected chi connectivity index (χ4v) is 1.33. The molecule has 0 aliphatic carbocycles. The van der Waals surface area contributed by atoms with E-state index in [0.29, 0.717) is 18.1 Å². The molecule has 0 saturated carbocycles. The van der Waals surface area contributed by atoms with Gasteiger partial charge < -0.3 is 10.3 Å². The Morgan fingerprint density at radius 1 is 1.38 bits per heavy atom. The Labute approximate surface area is 93.7 Å². The van der Waals surface area contributed by atoms with Crippen LogP contribution in [0.4, 0.5) is 0 Å². The molecule has 0 fully saturated rings. The van der Waals surface area contributed by atoms with Crippen molar-refractivity contribution in [1.29, 1.82) is 0 Å². The number of rotatable bonds is 4. The highest BCUT2D eigenvalue weighted by Gasteiger charge is 2.10. The maximum atomic E-state index is 5.82. The SMILES string of the molecule is CCC(N)Cc1noc(-c2ccncc2)n1. The van der Waals surface area contributed by atoms with Crippen molar-refractivity contribution in [2.45, 2.75) is 25.8 Å². The van der Waals surface area contributed by atoms with Gasteiger partial charge in [0, 0.05) is 30.4 Å². The van der Waals surface area contributed by atoms with E-state index in [1.54, 1.807) is 12.4 Å². The van der Waals surface area contributed by atoms with E-state index in [-0.39, 0.29) is 6.04 Å². The molecule has 0 bridgehead atoms. The van der Waals surface area contributed by atoms with E-state index in [2.05, 4.69) is 15.1 Å². The van der Waals surface area contributed by atoms with E-state index >= 15 is 0 Å². The van der Waals surface area contributed by atoms with Crippen molar-refractivity contribution in [1.82, 2.24) is 15.1 Å². The molecule has 2 heterocycles. The van der Waals surface area contributed by atoms with Crippen LogP contribution < -0.4 is 5.73 Å². The van der Waals surface area contributed by atoms with Crippen LogP contribution in [0.3, 0.4) is 0 Å². The average Bonchev–Trinajstić information content (AvgIpc) is 2.78. The first kappa shape index (κ1) is 10.8. The fraction of sp³-hybridized carbons (Fsp3) is 0.364. The summed E-state index contributed by atoms with van der Waals surface area (Å²) in [6.07, 6.45) is 4.93. The van der Waals surface area contributed by atoms with E-state index in [4.69, 9.17) is 10.3 Å². The first-order chi connectivity index (χ1) is 7.79. The summed E-state index contributed by atoms with van der Waals surface area (Å²) < 4.78 is 5.15. The van der Waals surface area contributed by atoms with Crippen LogP contribution in [0.1, 0.15) is 19.2 Å². The molecule has 0 radical (unpaired) electrons. The van der Waals surface area contributed by atoms with E-state index in [1.165, 1.54) is 0 Å². The van der Waals surface area contributed by atoms with Crippen LogP contribution in [0.5, 0.6) is 0 Å². The van der Waals surface area contributed by atoms with Gasteiger partial charge in [-0.2, -0.15) is 4.98 Å². The molecule has 16 heavy (non-hydrogen) atoms. The Kier molecular flexibility index (Phi) is 3.26.